The van der Waals surface area contributed by atoms with E-state index >= 15 is 0 Å². The van der Waals surface area contributed by atoms with E-state index in [1.807, 2.05) is 13.8 Å². The average Bonchev–Trinajstić information content (AvgIpc) is 3.31. The molecule has 9 unspecified atom stereocenters. The predicted molar refractivity (Wildman–Crippen MR) is 98.3 cm³/mol. The fourth-order valence-electron chi connectivity index (χ4n) is 7.36. The third kappa shape index (κ3) is 2.56. The normalized spacial score (nSPS) is 47.1. The lowest BCUT2D eigenvalue weighted by molar-refractivity contribution is -0.141. The summed E-state index contributed by atoms with van der Waals surface area (Å²) in [7, 11) is 0. The smallest absolute Gasteiger partial charge is 0.333 e. The van der Waals surface area contributed by atoms with Gasteiger partial charge in [-0.25, -0.2) is 4.79 Å². The van der Waals surface area contributed by atoms with Crippen LogP contribution in [-0.4, -0.2) is 12.6 Å². The molecule has 4 aliphatic carbocycles. The summed E-state index contributed by atoms with van der Waals surface area (Å²) in [5, 5.41) is 0. The highest BCUT2D eigenvalue weighted by atomic mass is 16.5. The summed E-state index contributed by atoms with van der Waals surface area (Å²) < 4.78 is 5.50. The van der Waals surface area contributed by atoms with Gasteiger partial charge in [0.1, 0.15) is 0 Å². The van der Waals surface area contributed by atoms with Crippen LogP contribution in [0.1, 0.15) is 60.3 Å². The molecule has 0 N–H and O–H groups in total. The molecule has 0 amide bonds. The Labute approximate surface area is 148 Å². The second kappa shape index (κ2) is 6.84. The molecule has 4 fully saturated rings. The van der Waals surface area contributed by atoms with Crippen molar-refractivity contribution in [3.8, 4) is 0 Å². The van der Waals surface area contributed by atoms with Gasteiger partial charge in [-0.15, -0.1) is 0 Å². The van der Waals surface area contributed by atoms with Crippen molar-refractivity contribution >= 4 is 5.97 Å². The summed E-state index contributed by atoms with van der Waals surface area (Å²) in [6.45, 7) is 15.0. The van der Waals surface area contributed by atoms with Crippen LogP contribution in [0.3, 0.4) is 0 Å². The van der Waals surface area contributed by atoms with Crippen LogP contribution >= 0.6 is 0 Å². The molecule has 2 nitrogen and oxygen atoms in total. The van der Waals surface area contributed by atoms with Crippen LogP contribution in [0.5, 0.6) is 0 Å². The van der Waals surface area contributed by atoms with E-state index in [-0.39, 0.29) is 5.97 Å². The highest BCUT2D eigenvalue weighted by molar-refractivity contribution is 5.86. The lowest BCUT2D eigenvalue weighted by Crippen LogP contribution is -2.40. The first kappa shape index (κ1) is 18.0. The molecule has 0 aromatic carbocycles. The lowest BCUT2D eigenvalue weighted by atomic mass is 9.61. The molecule has 4 rings (SSSR count). The predicted octanol–water partition coefficient (Wildman–Crippen LogP) is 5.33. The number of hydrogen-bond acceptors (Lipinski definition) is 2. The molecular formula is C22H36O2. The summed E-state index contributed by atoms with van der Waals surface area (Å²) in [6.07, 6.45) is 5.60. The monoisotopic (exact) mass is 332 g/mol. The van der Waals surface area contributed by atoms with Crippen molar-refractivity contribution in [1.29, 1.82) is 0 Å². The molecule has 0 heterocycles. The number of carbonyl (C=O) groups is 1. The van der Waals surface area contributed by atoms with Crippen molar-refractivity contribution in [1.82, 2.24) is 0 Å². The maximum atomic E-state index is 11.7. The Balaban J connectivity index is 0.000000815. The molecule has 0 aromatic rings. The Hall–Kier alpha value is -0.790. The zero-order valence-corrected chi connectivity index (χ0v) is 16.3. The summed E-state index contributed by atoms with van der Waals surface area (Å²) in [6, 6.07) is 0. The zero-order valence-electron chi connectivity index (χ0n) is 16.3. The van der Waals surface area contributed by atoms with Crippen LogP contribution in [0.15, 0.2) is 12.2 Å². The van der Waals surface area contributed by atoms with Gasteiger partial charge in [0.05, 0.1) is 6.61 Å². The number of esters is 1. The second-order valence-electron chi connectivity index (χ2n) is 8.68. The molecule has 0 aliphatic heterocycles. The van der Waals surface area contributed by atoms with Gasteiger partial charge in [0, 0.05) is 5.57 Å². The largest absolute Gasteiger partial charge is 0.462 e. The van der Waals surface area contributed by atoms with E-state index < -0.39 is 0 Å². The van der Waals surface area contributed by atoms with Crippen molar-refractivity contribution in [2.24, 2.45) is 53.3 Å². The molecule has 0 spiro atoms. The van der Waals surface area contributed by atoms with Crippen LogP contribution in [-0.2, 0) is 9.53 Å². The molecule has 9 atom stereocenters. The van der Waals surface area contributed by atoms with E-state index in [9.17, 15) is 4.79 Å². The van der Waals surface area contributed by atoms with E-state index in [2.05, 4.69) is 20.4 Å². The number of ether oxygens (including phenoxy) is 1. The highest BCUT2D eigenvalue weighted by Gasteiger charge is 2.66. The molecule has 136 valence electrons. The molecule has 24 heavy (non-hydrogen) atoms. The van der Waals surface area contributed by atoms with Crippen LogP contribution in [0, 0.1) is 53.3 Å². The van der Waals surface area contributed by atoms with Crippen LogP contribution < -0.4 is 0 Å². The Kier molecular flexibility index (Phi) is 5.14. The highest BCUT2D eigenvalue weighted by Crippen LogP contribution is 2.71. The second-order valence-corrected chi connectivity index (χ2v) is 8.68. The van der Waals surface area contributed by atoms with Gasteiger partial charge in [0.2, 0.25) is 0 Å². The number of fused-ring (bicyclic) bond motifs is 9. The minimum Gasteiger partial charge on any atom is -0.462 e. The van der Waals surface area contributed by atoms with Crippen LogP contribution in [0.4, 0.5) is 0 Å². The van der Waals surface area contributed by atoms with Crippen molar-refractivity contribution in [2.75, 3.05) is 6.61 Å². The molecule has 0 aromatic heterocycles. The SMILES string of the molecule is C=C(C)C(=O)OCC1CC2CC1C1C3CC(C(CC)C3C)C21.CC. The van der Waals surface area contributed by atoms with Gasteiger partial charge in [0.25, 0.3) is 0 Å². The summed E-state index contributed by atoms with van der Waals surface area (Å²) in [5.74, 6) is 8.06. The van der Waals surface area contributed by atoms with Crippen molar-refractivity contribution in [3.63, 3.8) is 0 Å². The maximum absolute atomic E-state index is 11.7. The van der Waals surface area contributed by atoms with Gasteiger partial charge in [-0.05, 0) is 79.4 Å². The standard InChI is InChI=1S/C20H30O2.C2H6/c1-5-14-11(4)15-8-17(14)18-12-6-13(16(7-12)19(15)18)9-22-20(21)10(2)3;1-2/h11-19H,2,5-9H2,1,3-4H3;1-2H3. The fourth-order valence-corrected chi connectivity index (χ4v) is 7.36. The molecule has 0 radical (unpaired) electrons. The Morgan fingerprint density at radius 1 is 1.08 bits per heavy atom. The first-order chi connectivity index (χ1) is 11.5. The Morgan fingerprint density at radius 3 is 2.42 bits per heavy atom. The van der Waals surface area contributed by atoms with Gasteiger partial charge in [-0.2, -0.15) is 0 Å². The zero-order chi connectivity index (χ0) is 17.6. The first-order valence-electron chi connectivity index (χ1n) is 10.4. The molecule has 0 saturated heterocycles. The van der Waals surface area contributed by atoms with Crippen molar-refractivity contribution in [2.45, 2.75) is 60.3 Å². The topological polar surface area (TPSA) is 26.3 Å². The summed E-state index contributed by atoms with van der Waals surface area (Å²) in [5.41, 5.74) is 0.528. The Bertz CT molecular complexity index is 496. The van der Waals surface area contributed by atoms with Crippen LogP contribution in [0.25, 0.3) is 0 Å². The molecule has 4 bridgehead atoms. The third-order valence-electron chi connectivity index (χ3n) is 7.95. The van der Waals surface area contributed by atoms with Gasteiger partial charge in [-0.3, -0.25) is 0 Å². The van der Waals surface area contributed by atoms with Gasteiger partial charge in [-0.1, -0.05) is 40.7 Å². The van der Waals surface area contributed by atoms with Gasteiger partial charge < -0.3 is 4.74 Å². The number of hydrogen-bond donors (Lipinski definition) is 0. The average molecular weight is 333 g/mol. The van der Waals surface area contributed by atoms with Gasteiger partial charge >= 0.3 is 5.97 Å². The fraction of sp³-hybridized carbons (Fsp3) is 0.864. The van der Waals surface area contributed by atoms with Crippen molar-refractivity contribution in [3.05, 3.63) is 12.2 Å². The minimum absolute atomic E-state index is 0.202. The molecule has 4 saturated carbocycles. The van der Waals surface area contributed by atoms with E-state index in [0.717, 1.165) is 47.3 Å². The van der Waals surface area contributed by atoms with E-state index in [0.29, 0.717) is 18.1 Å². The summed E-state index contributed by atoms with van der Waals surface area (Å²) >= 11 is 0. The first-order valence-corrected chi connectivity index (χ1v) is 10.4. The Morgan fingerprint density at radius 2 is 1.79 bits per heavy atom. The minimum atomic E-state index is -0.202. The van der Waals surface area contributed by atoms with Crippen LogP contribution in [0.2, 0.25) is 0 Å². The maximum Gasteiger partial charge on any atom is 0.333 e. The van der Waals surface area contributed by atoms with Crippen molar-refractivity contribution < 1.29 is 9.53 Å². The molecule has 4 aliphatic rings. The third-order valence-corrected chi connectivity index (χ3v) is 7.95. The molecular weight excluding hydrogens is 296 g/mol. The number of rotatable bonds is 4. The quantitative estimate of drug-likeness (QED) is 0.395. The number of carbonyl (C=O) groups excluding carboxylic acids is 1. The summed E-state index contributed by atoms with van der Waals surface area (Å²) in [4.78, 5) is 11.7. The van der Waals surface area contributed by atoms with E-state index in [1.165, 1.54) is 25.7 Å². The van der Waals surface area contributed by atoms with Gasteiger partial charge in [0.15, 0.2) is 0 Å². The van der Waals surface area contributed by atoms with E-state index in [4.69, 9.17) is 4.74 Å². The van der Waals surface area contributed by atoms with E-state index in [1.54, 1.807) is 6.92 Å². The lowest BCUT2D eigenvalue weighted by Gasteiger charge is -2.44. The molecule has 2 heteroatoms.